The van der Waals surface area contributed by atoms with E-state index in [4.69, 9.17) is 4.74 Å². The first kappa shape index (κ1) is 22.3. The van der Waals surface area contributed by atoms with Gasteiger partial charge in [-0.1, -0.05) is 39.8 Å². The highest BCUT2D eigenvalue weighted by Crippen LogP contribution is 2.29. The van der Waals surface area contributed by atoms with Gasteiger partial charge in [0.25, 0.3) is 0 Å². The monoisotopic (exact) mass is 384 g/mol. The smallest absolute Gasteiger partial charge is 0.232 e. The standard InChI is InChI=1S/C19H32N2O4S/c1-14(2)19(15(3)4)20-18(22)12-9-13-21(26(6,23)24)16-10-7-8-11-17(16)25-5/h7-8,10-11,14-15,19H,9,12-13H2,1-6H3,(H,20,22). The van der Waals surface area contributed by atoms with Gasteiger partial charge in [-0.2, -0.15) is 0 Å². The van der Waals surface area contributed by atoms with Crippen molar-refractivity contribution in [3.63, 3.8) is 0 Å². The molecule has 1 amide bonds. The summed E-state index contributed by atoms with van der Waals surface area (Å²) in [4.78, 5) is 12.2. The highest BCUT2D eigenvalue weighted by Gasteiger charge is 2.22. The minimum Gasteiger partial charge on any atom is -0.495 e. The van der Waals surface area contributed by atoms with E-state index in [1.165, 1.54) is 11.4 Å². The molecule has 1 N–H and O–H groups in total. The van der Waals surface area contributed by atoms with Crippen LogP contribution in [0.15, 0.2) is 24.3 Å². The van der Waals surface area contributed by atoms with Crippen LogP contribution >= 0.6 is 0 Å². The Morgan fingerprint density at radius 2 is 1.73 bits per heavy atom. The SMILES string of the molecule is COc1ccccc1N(CCCC(=O)NC(C(C)C)C(C)C)S(C)(=O)=O. The fraction of sp³-hybridized carbons (Fsp3) is 0.632. The number of hydrogen-bond donors (Lipinski definition) is 1. The Morgan fingerprint density at radius 3 is 2.23 bits per heavy atom. The Balaban J connectivity index is 2.76. The first-order chi connectivity index (χ1) is 12.1. The van der Waals surface area contributed by atoms with Crippen LogP contribution in [0.25, 0.3) is 0 Å². The van der Waals surface area contributed by atoms with Crippen LogP contribution in [0, 0.1) is 11.8 Å². The number of benzene rings is 1. The van der Waals surface area contributed by atoms with Crippen molar-refractivity contribution in [2.24, 2.45) is 11.8 Å². The molecule has 6 nitrogen and oxygen atoms in total. The molecule has 0 aliphatic carbocycles. The summed E-state index contributed by atoms with van der Waals surface area (Å²) in [6.07, 6.45) is 1.87. The summed E-state index contributed by atoms with van der Waals surface area (Å²) in [6, 6.07) is 7.08. The zero-order valence-electron chi connectivity index (χ0n) is 16.7. The van der Waals surface area contributed by atoms with Crippen LogP contribution in [0.3, 0.4) is 0 Å². The molecular formula is C19H32N2O4S. The molecule has 26 heavy (non-hydrogen) atoms. The van der Waals surface area contributed by atoms with Crippen molar-refractivity contribution >= 4 is 21.6 Å². The van der Waals surface area contributed by atoms with Crippen molar-refractivity contribution in [3.8, 4) is 5.75 Å². The van der Waals surface area contributed by atoms with Gasteiger partial charge in [-0.25, -0.2) is 8.42 Å². The Bertz CT molecular complexity index is 679. The molecule has 0 radical (unpaired) electrons. The average Bonchev–Trinajstić information content (AvgIpc) is 2.55. The molecule has 1 rings (SSSR count). The second-order valence-electron chi connectivity index (χ2n) is 7.19. The summed E-state index contributed by atoms with van der Waals surface area (Å²) in [7, 11) is -1.97. The van der Waals surface area contributed by atoms with Crippen molar-refractivity contribution in [2.75, 3.05) is 24.2 Å². The third-order valence-electron chi connectivity index (χ3n) is 4.28. The minimum absolute atomic E-state index is 0.0501. The molecule has 0 spiro atoms. The molecule has 0 saturated carbocycles. The number of carbonyl (C=O) groups is 1. The predicted octanol–water partition coefficient (Wildman–Crippen LogP) is 3.04. The summed E-state index contributed by atoms with van der Waals surface area (Å²) in [5.41, 5.74) is 0.486. The highest BCUT2D eigenvalue weighted by atomic mass is 32.2. The van der Waals surface area contributed by atoms with Crippen molar-refractivity contribution in [3.05, 3.63) is 24.3 Å². The zero-order chi connectivity index (χ0) is 19.9. The number of nitrogens with zero attached hydrogens (tertiary/aromatic N) is 1. The lowest BCUT2D eigenvalue weighted by Gasteiger charge is -2.27. The lowest BCUT2D eigenvalue weighted by molar-refractivity contribution is -0.122. The summed E-state index contributed by atoms with van der Waals surface area (Å²) in [6.45, 7) is 8.55. The van der Waals surface area contributed by atoms with Gasteiger partial charge >= 0.3 is 0 Å². The molecule has 7 heteroatoms. The van der Waals surface area contributed by atoms with Crippen molar-refractivity contribution in [2.45, 2.75) is 46.6 Å². The molecule has 1 aromatic carbocycles. The molecule has 0 fully saturated rings. The van der Waals surface area contributed by atoms with Gasteiger partial charge < -0.3 is 10.1 Å². The lowest BCUT2D eigenvalue weighted by Crippen LogP contribution is -2.42. The second kappa shape index (κ2) is 9.80. The van der Waals surface area contributed by atoms with Crippen LogP contribution < -0.4 is 14.4 Å². The summed E-state index contributed by atoms with van der Waals surface area (Å²) in [5, 5.41) is 3.06. The summed E-state index contributed by atoms with van der Waals surface area (Å²) < 4.78 is 31.0. The number of nitrogens with one attached hydrogen (secondary N) is 1. The van der Waals surface area contributed by atoms with E-state index >= 15 is 0 Å². The van der Waals surface area contributed by atoms with Gasteiger partial charge in [0.15, 0.2) is 0 Å². The van der Waals surface area contributed by atoms with Gasteiger partial charge in [-0.05, 0) is 30.4 Å². The number of methoxy groups -OCH3 is 1. The maximum absolute atomic E-state index is 12.2. The van der Waals surface area contributed by atoms with Crippen LogP contribution in [0.1, 0.15) is 40.5 Å². The second-order valence-corrected chi connectivity index (χ2v) is 9.10. The fourth-order valence-electron chi connectivity index (χ4n) is 3.05. The maximum Gasteiger partial charge on any atom is 0.232 e. The molecule has 148 valence electrons. The van der Waals surface area contributed by atoms with Crippen LogP contribution in [-0.4, -0.2) is 40.3 Å². The number of sulfonamides is 1. The number of amides is 1. The van der Waals surface area contributed by atoms with E-state index in [2.05, 4.69) is 33.0 Å². The molecule has 1 aromatic rings. The average molecular weight is 385 g/mol. The third-order valence-corrected chi connectivity index (χ3v) is 5.46. The molecule has 0 bridgehead atoms. The summed E-state index contributed by atoms with van der Waals surface area (Å²) in [5.74, 6) is 1.13. The Hall–Kier alpha value is -1.76. The molecule has 0 aliphatic rings. The molecule has 0 atom stereocenters. The van der Waals surface area contributed by atoms with Crippen LogP contribution in [0.4, 0.5) is 5.69 Å². The minimum atomic E-state index is -3.48. The first-order valence-corrected chi connectivity index (χ1v) is 10.8. The van der Waals surface area contributed by atoms with Gasteiger partial charge in [-0.15, -0.1) is 0 Å². The number of carbonyl (C=O) groups excluding carboxylic acids is 1. The number of anilines is 1. The molecule has 0 unspecified atom stereocenters. The van der Waals surface area contributed by atoms with E-state index in [1.807, 2.05) is 0 Å². The molecule has 0 saturated heterocycles. The first-order valence-electron chi connectivity index (χ1n) is 8.98. The lowest BCUT2D eigenvalue weighted by atomic mass is 9.93. The zero-order valence-corrected chi connectivity index (χ0v) is 17.5. The van der Waals surface area contributed by atoms with Crippen molar-refractivity contribution in [1.29, 1.82) is 0 Å². The van der Waals surface area contributed by atoms with Crippen molar-refractivity contribution < 1.29 is 17.9 Å². The van der Waals surface area contributed by atoms with Crippen LogP contribution in [0.2, 0.25) is 0 Å². The van der Waals surface area contributed by atoms with Gasteiger partial charge in [0, 0.05) is 19.0 Å². The number of para-hydroxylation sites is 2. The quantitative estimate of drug-likeness (QED) is 0.673. The molecule has 0 aliphatic heterocycles. The van der Waals surface area contributed by atoms with E-state index in [9.17, 15) is 13.2 Å². The topological polar surface area (TPSA) is 75.7 Å². The van der Waals surface area contributed by atoms with Gasteiger partial charge in [0.05, 0.1) is 19.1 Å². The Kier molecular flexibility index (Phi) is 8.40. The van der Waals surface area contributed by atoms with E-state index in [0.717, 1.165) is 6.26 Å². The van der Waals surface area contributed by atoms with E-state index in [-0.39, 0.29) is 24.9 Å². The van der Waals surface area contributed by atoms with Gasteiger partial charge in [0.2, 0.25) is 15.9 Å². The largest absolute Gasteiger partial charge is 0.495 e. The van der Waals surface area contributed by atoms with Crippen LogP contribution in [0.5, 0.6) is 5.75 Å². The fourth-order valence-corrected chi connectivity index (χ4v) is 4.01. The van der Waals surface area contributed by atoms with Gasteiger partial charge in [-0.3, -0.25) is 9.10 Å². The maximum atomic E-state index is 12.2. The predicted molar refractivity (Wildman–Crippen MR) is 106 cm³/mol. The molecule has 0 aromatic heterocycles. The van der Waals surface area contributed by atoms with Crippen molar-refractivity contribution in [1.82, 2.24) is 5.32 Å². The molecule has 0 heterocycles. The van der Waals surface area contributed by atoms with Crippen LogP contribution in [-0.2, 0) is 14.8 Å². The van der Waals surface area contributed by atoms with E-state index in [1.54, 1.807) is 24.3 Å². The van der Waals surface area contributed by atoms with E-state index < -0.39 is 10.0 Å². The summed E-state index contributed by atoms with van der Waals surface area (Å²) >= 11 is 0. The number of rotatable bonds is 10. The van der Waals surface area contributed by atoms with E-state index in [0.29, 0.717) is 29.7 Å². The number of hydrogen-bond acceptors (Lipinski definition) is 4. The van der Waals surface area contributed by atoms with Gasteiger partial charge in [0.1, 0.15) is 5.75 Å². The molecular weight excluding hydrogens is 352 g/mol. The number of ether oxygens (including phenoxy) is 1. The Morgan fingerprint density at radius 1 is 1.15 bits per heavy atom. The third kappa shape index (κ3) is 6.52. The highest BCUT2D eigenvalue weighted by molar-refractivity contribution is 7.92. The Labute approximate surface area is 158 Å². The normalized spacial score (nSPS) is 11.9.